The zero-order valence-corrected chi connectivity index (χ0v) is 11.7. The van der Waals surface area contributed by atoms with Crippen LogP contribution < -0.4 is 5.73 Å². The predicted molar refractivity (Wildman–Crippen MR) is 74.9 cm³/mol. The zero-order chi connectivity index (χ0) is 15.4. The topological polar surface area (TPSA) is 96.4 Å². The van der Waals surface area contributed by atoms with Crippen LogP contribution in [0.3, 0.4) is 0 Å². The molecule has 0 saturated carbocycles. The van der Waals surface area contributed by atoms with Crippen molar-refractivity contribution in [3.05, 3.63) is 47.3 Å². The van der Waals surface area contributed by atoms with Gasteiger partial charge in [-0.15, -0.1) is 0 Å². The summed E-state index contributed by atoms with van der Waals surface area (Å²) in [4.78, 5) is 23.0. The summed E-state index contributed by atoms with van der Waals surface area (Å²) in [6.07, 6.45) is 1.40. The van der Waals surface area contributed by atoms with E-state index in [0.29, 0.717) is 12.1 Å². The fraction of sp³-hybridized carbons (Fsp3) is 0.214. The van der Waals surface area contributed by atoms with E-state index in [0.717, 1.165) is 5.56 Å². The first-order valence-electron chi connectivity index (χ1n) is 6.13. The summed E-state index contributed by atoms with van der Waals surface area (Å²) in [7, 11) is 2.61. The first-order chi connectivity index (χ1) is 10.1. The standard InChI is InChI=1S/C14H15N3O4/c1-20-13(18)10-5-3-9(4-6-10)8-17-12(14(19)21-2)11(15)7-16-17/h3-7H,8,15H2,1-2H3. The molecule has 7 heteroatoms. The lowest BCUT2D eigenvalue weighted by molar-refractivity contribution is 0.0584. The number of nitrogens with two attached hydrogens (primary N) is 1. The Hall–Kier alpha value is -2.83. The maximum Gasteiger partial charge on any atom is 0.358 e. The molecule has 0 radical (unpaired) electrons. The van der Waals surface area contributed by atoms with Crippen molar-refractivity contribution in [1.82, 2.24) is 9.78 Å². The van der Waals surface area contributed by atoms with Crippen LogP contribution in [0.2, 0.25) is 0 Å². The number of rotatable bonds is 4. The number of ether oxygens (including phenoxy) is 2. The lowest BCUT2D eigenvalue weighted by atomic mass is 10.1. The van der Waals surface area contributed by atoms with Gasteiger partial charge in [0, 0.05) is 0 Å². The average molecular weight is 289 g/mol. The van der Waals surface area contributed by atoms with Gasteiger partial charge in [0.2, 0.25) is 0 Å². The number of nitrogens with zero attached hydrogens (tertiary/aromatic N) is 2. The van der Waals surface area contributed by atoms with Gasteiger partial charge in [0.25, 0.3) is 0 Å². The number of carbonyl (C=O) groups is 2. The Morgan fingerprint density at radius 3 is 2.33 bits per heavy atom. The number of benzene rings is 1. The van der Waals surface area contributed by atoms with Crippen LogP contribution in [0.25, 0.3) is 0 Å². The minimum atomic E-state index is -0.545. The van der Waals surface area contributed by atoms with Crippen LogP contribution in [0, 0.1) is 0 Å². The molecule has 1 aromatic heterocycles. The van der Waals surface area contributed by atoms with E-state index in [1.54, 1.807) is 24.3 Å². The molecular formula is C14H15N3O4. The highest BCUT2D eigenvalue weighted by molar-refractivity contribution is 5.93. The monoisotopic (exact) mass is 289 g/mol. The molecule has 0 spiro atoms. The van der Waals surface area contributed by atoms with Gasteiger partial charge in [-0.3, -0.25) is 4.68 Å². The quantitative estimate of drug-likeness (QED) is 0.846. The van der Waals surface area contributed by atoms with E-state index in [4.69, 9.17) is 5.73 Å². The van der Waals surface area contributed by atoms with E-state index in [1.807, 2.05) is 0 Å². The molecule has 0 aliphatic carbocycles. The molecular weight excluding hydrogens is 274 g/mol. The number of carbonyl (C=O) groups excluding carboxylic acids is 2. The molecule has 0 aliphatic rings. The second-order valence-corrected chi connectivity index (χ2v) is 4.29. The minimum absolute atomic E-state index is 0.203. The van der Waals surface area contributed by atoms with Gasteiger partial charge in [0.05, 0.1) is 38.2 Å². The van der Waals surface area contributed by atoms with Crippen molar-refractivity contribution in [2.24, 2.45) is 0 Å². The SMILES string of the molecule is COC(=O)c1ccc(Cn2ncc(N)c2C(=O)OC)cc1. The van der Waals surface area contributed by atoms with Gasteiger partial charge >= 0.3 is 11.9 Å². The third-order valence-electron chi connectivity index (χ3n) is 2.95. The summed E-state index contributed by atoms with van der Waals surface area (Å²) in [5.74, 6) is -0.948. The second-order valence-electron chi connectivity index (χ2n) is 4.29. The summed E-state index contributed by atoms with van der Waals surface area (Å²) in [6, 6.07) is 6.80. The minimum Gasteiger partial charge on any atom is -0.465 e. The zero-order valence-electron chi connectivity index (χ0n) is 11.7. The number of nitrogen functional groups attached to an aromatic ring is 1. The van der Waals surface area contributed by atoms with Crippen molar-refractivity contribution in [3.63, 3.8) is 0 Å². The van der Waals surface area contributed by atoms with Crippen molar-refractivity contribution < 1.29 is 19.1 Å². The molecule has 0 bridgehead atoms. The third kappa shape index (κ3) is 3.02. The molecule has 0 saturated heterocycles. The van der Waals surface area contributed by atoms with Gasteiger partial charge < -0.3 is 15.2 Å². The number of anilines is 1. The Labute approximate surface area is 121 Å². The van der Waals surface area contributed by atoms with E-state index in [-0.39, 0.29) is 11.4 Å². The molecule has 0 amide bonds. The van der Waals surface area contributed by atoms with Crippen LogP contribution in [0.15, 0.2) is 30.5 Å². The number of esters is 2. The Morgan fingerprint density at radius 1 is 1.14 bits per heavy atom. The van der Waals surface area contributed by atoms with Crippen molar-refractivity contribution in [2.75, 3.05) is 20.0 Å². The first kappa shape index (κ1) is 14.6. The smallest absolute Gasteiger partial charge is 0.358 e. The third-order valence-corrected chi connectivity index (χ3v) is 2.95. The fourth-order valence-corrected chi connectivity index (χ4v) is 1.88. The maximum absolute atomic E-state index is 11.7. The Balaban J connectivity index is 2.23. The summed E-state index contributed by atoms with van der Waals surface area (Å²) in [6.45, 7) is 0.336. The number of hydrogen-bond acceptors (Lipinski definition) is 6. The summed E-state index contributed by atoms with van der Waals surface area (Å²) < 4.78 is 10.8. The van der Waals surface area contributed by atoms with Crippen molar-refractivity contribution in [1.29, 1.82) is 0 Å². The lowest BCUT2D eigenvalue weighted by Gasteiger charge is -2.07. The first-order valence-corrected chi connectivity index (χ1v) is 6.13. The lowest BCUT2D eigenvalue weighted by Crippen LogP contribution is -2.14. The molecule has 110 valence electrons. The largest absolute Gasteiger partial charge is 0.465 e. The van der Waals surface area contributed by atoms with Crippen LogP contribution in [0.4, 0.5) is 5.69 Å². The average Bonchev–Trinajstić information content (AvgIpc) is 2.87. The van der Waals surface area contributed by atoms with Gasteiger partial charge in [0.1, 0.15) is 0 Å². The van der Waals surface area contributed by atoms with Crippen LogP contribution in [0.5, 0.6) is 0 Å². The van der Waals surface area contributed by atoms with Gasteiger partial charge in [-0.2, -0.15) is 5.10 Å². The molecule has 0 aliphatic heterocycles. The van der Waals surface area contributed by atoms with E-state index in [1.165, 1.54) is 25.1 Å². The van der Waals surface area contributed by atoms with E-state index < -0.39 is 11.9 Å². The molecule has 1 aromatic carbocycles. The molecule has 7 nitrogen and oxygen atoms in total. The van der Waals surface area contributed by atoms with Gasteiger partial charge in [0.15, 0.2) is 5.69 Å². The summed E-state index contributed by atoms with van der Waals surface area (Å²) >= 11 is 0. The molecule has 2 aromatic rings. The van der Waals surface area contributed by atoms with Crippen LogP contribution in [0.1, 0.15) is 26.4 Å². The number of hydrogen-bond donors (Lipinski definition) is 1. The summed E-state index contributed by atoms with van der Waals surface area (Å²) in [5, 5.41) is 4.05. The van der Waals surface area contributed by atoms with Crippen molar-refractivity contribution in [3.8, 4) is 0 Å². The van der Waals surface area contributed by atoms with E-state index in [9.17, 15) is 9.59 Å². The molecule has 1 heterocycles. The molecule has 2 rings (SSSR count). The van der Waals surface area contributed by atoms with Crippen molar-refractivity contribution in [2.45, 2.75) is 6.54 Å². The predicted octanol–water partition coefficient (Wildman–Crippen LogP) is 1.09. The normalized spacial score (nSPS) is 10.2. The maximum atomic E-state index is 11.7. The molecule has 21 heavy (non-hydrogen) atoms. The number of methoxy groups -OCH3 is 2. The number of aromatic nitrogens is 2. The fourth-order valence-electron chi connectivity index (χ4n) is 1.88. The van der Waals surface area contributed by atoms with Gasteiger partial charge in [-0.05, 0) is 17.7 Å². The summed E-state index contributed by atoms with van der Waals surface area (Å²) in [5.41, 5.74) is 7.48. The van der Waals surface area contributed by atoms with E-state index in [2.05, 4.69) is 14.6 Å². The Morgan fingerprint density at radius 2 is 1.76 bits per heavy atom. The van der Waals surface area contributed by atoms with Gasteiger partial charge in [-0.1, -0.05) is 12.1 Å². The van der Waals surface area contributed by atoms with Gasteiger partial charge in [-0.25, -0.2) is 9.59 Å². The van der Waals surface area contributed by atoms with Crippen LogP contribution in [-0.2, 0) is 16.0 Å². The molecule has 0 fully saturated rings. The highest BCUT2D eigenvalue weighted by atomic mass is 16.5. The van der Waals surface area contributed by atoms with Crippen LogP contribution >= 0.6 is 0 Å². The second kappa shape index (κ2) is 6.08. The molecule has 0 atom stereocenters. The molecule has 0 unspecified atom stereocenters. The van der Waals surface area contributed by atoms with Crippen molar-refractivity contribution >= 4 is 17.6 Å². The highest BCUT2D eigenvalue weighted by Gasteiger charge is 2.17. The Bertz CT molecular complexity index is 661. The Kier molecular flexibility index (Phi) is 4.22. The highest BCUT2D eigenvalue weighted by Crippen LogP contribution is 2.15. The van der Waals surface area contributed by atoms with Crippen LogP contribution in [-0.4, -0.2) is 35.9 Å². The van der Waals surface area contributed by atoms with E-state index >= 15 is 0 Å². The molecule has 2 N–H and O–H groups in total.